The van der Waals surface area contributed by atoms with E-state index in [0.717, 1.165) is 21.6 Å². The summed E-state index contributed by atoms with van der Waals surface area (Å²) < 4.78 is 3.98. The van der Waals surface area contributed by atoms with Crippen LogP contribution < -0.4 is 0 Å². The number of halogens is 1. The van der Waals surface area contributed by atoms with Crippen LogP contribution in [0, 0.1) is 13.8 Å². The number of aromatic nitrogens is 3. The van der Waals surface area contributed by atoms with Crippen molar-refractivity contribution in [2.45, 2.75) is 33.0 Å². The van der Waals surface area contributed by atoms with Gasteiger partial charge in [-0.2, -0.15) is 0 Å². The number of aliphatic hydroxyl groups is 1. The van der Waals surface area contributed by atoms with Gasteiger partial charge in [0.15, 0.2) is 0 Å². The molecule has 0 radical (unpaired) electrons. The van der Waals surface area contributed by atoms with E-state index in [1.165, 1.54) is 5.56 Å². The van der Waals surface area contributed by atoms with Crippen molar-refractivity contribution in [1.82, 2.24) is 14.1 Å². The van der Waals surface area contributed by atoms with Gasteiger partial charge >= 0.3 is 0 Å². The Morgan fingerprint density at radius 1 is 1.29 bits per heavy atom. The molecule has 0 saturated heterocycles. The summed E-state index contributed by atoms with van der Waals surface area (Å²) in [5, 5.41) is 12.2. The second kappa shape index (κ2) is 5.54. The molecular formula is C16H18ClN3O. The fraction of sp³-hybridized carbons (Fsp3) is 0.312. The number of imidazole rings is 1. The molecule has 0 aliphatic rings. The van der Waals surface area contributed by atoms with E-state index in [2.05, 4.69) is 29.5 Å². The predicted octanol–water partition coefficient (Wildman–Crippen LogP) is 3.17. The second-order valence-electron chi connectivity index (χ2n) is 5.37. The normalized spacial score (nSPS) is 13.0. The van der Waals surface area contributed by atoms with E-state index in [9.17, 15) is 5.11 Å². The van der Waals surface area contributed by atoms with Crippen molar-refractivity contribution in [3.63, 3.8) is 0 Å². The zero-order valence-electron chi connectivity index (χ0n) is 12.1. The zero-order valence-corrected chi connectivity index (χ0v) is 12.9. The Labute approximate surface area is 128 Å². The third-order valence-corrected chi connectivity index (χ3v) is 4.29. The van der Waals surface area contributed by atoms with Crippen LogP contribution in [0.25, 0.3) is 10.9 Å². The SMILES string of the molecule is Cc1c(C)n(C[C@@H](O)Cn2ccnc2)c2c(Cl)cccc12. The number of benzene rings is 1. The van der Waals surface area contributed by atoms with Crippen LogP contribution in [-0.4, -0.2) is 25.3 Å². The second-order valence-corrected chi connectivity index (χ2v) is 5.78. The maximum Gasteiger partial charge on any atom is 0.0946 e. The minimum absolute atomic E-state index is 0.496. The molecule has 0 saturated carbocycles. The maximum atomic E-state index is 10.3. The monoisotopic (exact) mass is 303 g/mol. The molecule has 0 aliphatic carbocycles. The molecule has 5 heteroatoms. The molecule has 0 amide bonds. The molecule has 3 rings (SSSR count). The van der Waals surface area contributed by atoms with Gasteiger partial charge in [-0.25, -0.2) is 4.98 Å². The highest BCUT2D eigenvalue weighted by molar-refractivity contribution is 6.35. The Bertz CT molecular complexity index is 762. The Morgan fingerprint density at radius 3 is 2.81 bits per heavy atom. The third-order valence-electron chi connectivity index (χ3n) is 3.98. The summed E-state index contributed by atoms with van der Waals surface area (Å²) in [6.07, 6.45) is 4.78. The van der Waals surface area contributed by atoms with Crippen LogP contribution in [0.4, 0.5) is 0 Å². The van der Waals surface area contributed by atoms with Crippen molar-refractivity contribution in [3.05, 3.63) is 53.2 Å². The fourth-order valence-corrected chi connectivity index (χ4v) is 3.07. The van der Waals surface area contributed by atoms with Crippen molar-refractivity contribution in [2.24, 2.45) is 0 Å². The summed E-state index contributed by atoms with van der Waals surface area (Å²) in [6.45, 7) is 5.18. The molecule has 4 nitrogen and oxygen atoms in total. The molecule has 0 bridgehead atoms. The van der Waals surface area contributed by atoms with Gasteiger partial charge in [0, 0.05) is 23.5 Å². The lowest BCUT2D eigenvalue weighted by Gasteiger charge is -2.15. The van der Waals surface area contributed by atoms with Crippen molar-refractivity contribution >= 4 is 22.5 Å². The average Bonchev–Trinajstić information content (AvgIpc) is 3.03. The molecule has 1 N–H and O–H groups in total. The van der Waals surface area contributed by atoms with Crippen LogP contribution in [0.3, 0.4) is 0 Å². The quantitative estimate of drug-likeness (QED) is 0.804. The number of rotatable bonds is 4. The molecule has 21 heavy (non-hydrogen) atoms. The first-order chi connectivity index (χ1) is 10.1. The van der Waals surface area contributed by atoms with E-state index in [0.29, 0.717) is 13.1 Å². The lowest BCUT2D eigenvalue weighted by atomic mass is 10.2. The van der Waals surface area contributed by atoms with Gasteiger partial charge in [0.25, 0.3) is 0 Å². The smallest absolute Gasteiger partial charge is 0.0946 e. The molecule has 1 aromatic carbocycles. The van der Waals surface area contributed by atoms with Crippen LogP contribution in [-0.2, 0) is 13.1 Å². The molecule has 0 fully saturated rings. The largest absolute Gasteiger partial charge is 0.389 e. The van der Waals surface area contributed by atoms with Gasteiger partial charge in [0.2, 0.25) is 0 Å². The van der Waals surface area contributed by atoms with Gasteiger partial charge in [-0.3, -0.25) is 0 Å². The van der Waals surface area contributed by atoms with Crippen LogP contribution in [0.5, 0.6) is 0 Å². The molecular weight excluding hydrogens is 286 g/mol. The number of fused-ring (bicyclic) bond motifs is 1. The lowest BCUT2D eigenvalue weighted by Crippen LogP contribution is -2.22. The highest BCUT2D eigenvalue weighted by atomic mass is 35.5. The first kappa shape index (κ1) is 14.2. The molecule has 3 aromatic rings. The van der Waals surface area contributed by atoms with E-state index in [1.54, 1.807) is 12.5 Å². The summed E-state index contributed by atoms with van der Waals surface area (Å²) in [6, 6.07) is 5.92. The lowest BCUT2D eigenvalue weighted by molar-refractivity contribution is 0.135. The van der Waals surface area contributed by atoms with Gasteiger partial charge in [0.05, 0.1) is 36.1 Å². The minimum atomic E-state index is -0.496. The van der Waals surface area contributed by atoms with Gasteiger partial charge < -0.3 is 14.2 Å². The van der Waals surface area contributed by atoms with Crippen LogP contribution in [0.15, 0.2) is 36.9 Å². The zero-order chi connectivity index (χ0) is 15.0. The molecule has 2 heterocycles. The number of hydrogen-bond donors (Lipinski definition) is 1. The van der Waals surface area contributed by atoms with Crippen molar-refractivity contribution < 1.29 is 5.11 Å². The minimum Gasteiger partial charge on any atom is -0.389 e. The number of aryl methyl sites for hydroxylation is 1. The molecule has 0 aliphatic heterocycles. The third kappa shape index (κ3) is 2.57. The fourth-order valence-electron chi connectivity index (χ4n) is 2.79. The van der Waals surface area contributed by atoms with Crippen LogP contribution in [0.2, 0.25) is 5.02 Å². The summed E-state index contributed by atoms with van der Waals surface area (Å²) in [4.78, 5) is 3.99. The van der Waals surface area contributed by atoms with Crippen LogP contribution in [0.1, 0.15) is 11.3 Å². The number of nitrogens with zero attached hydrogens (tertiary/aromatic N) is 3. The van der Waals surface area contributed by atoms with Gasteiger partial charge in [0.1, 0.15) is 0 Å². The first-order valence-corrected chi connectivity index (χ1v) is 7.33. The maximum absolute atomic E-state index is 10.3. The highest BCUT2D eigenvalue weighted by Crippen LogP contribution is 2.30. The van der Waals surface area contributed by atoms with E-state index in [-0.39, 0.29) is 0 Å². The molecule has 2 aromatic heterocycles. The number of para-hydroxylation sites is 1. The summed E-state index contributed by atoms with van der Waals surface area (Å²) >= 11 is 6.36. The molecule has 110 valence electrons. The summed E-state index contributed by atoms with van der Waals surface area (Å²) in [5.41, 5.74) is 3.35. The molecule has 0 spiro atoms. The standard InChI is InChI=1S/C16H18ClN3O/c1-11-12(2)20(16-14(11)4-3-5-15(16)17)9-13(21)8-19-7-6-18-10-19/h3-7,10,13,21H,8-9H2,1-2H3/t13-/m0/s1. The summed E-state index contributed by atoms with van der Waals surface area (Å²) in [7, 11) is 0. The van der Waals surface area contributed by atoms with Crippen molar-refractivity contribution in [3.8, 4) is 0 Å². The molecule has 1 atom stereocenters. The van der Waals surface area contributed by atoms with Crippen LogP contribution >= 0.6 is 11.6 Å². The van der Waals surface area contributed by atoms with E-state index in [4.69, 9.17) is 11.6 Å². The predicted molar refractivity (Wildman–Crippen MR) is 84.7 cm³/mol. The number of aliphatic hydroxyl groups excluding tert-OH is 1. The molecule has 0 unspecified atom stereocenters. The Kier molecular flexibility index (Phi) is 3.74. The van der Waals surface area contributed by atoms with Crippen molar-refractivity contribution in [1.29, 1.82) is 0 Å². The highest BCUT2D eigenvalue weighted by Gasteiger charge is 2.16. The first-order valence-electron chi connectivity index (χ1n) is 6.95. The summed E-state index contributed by atoms with van der Waals surface area (Å²) in [5.74, 6) is 0. The Hall–Kier alpha value is -1.78. The Balaban J connectivity index is 1.95. The van der Waals surface area contributed by atoms with Gasteiger partial charge in [-0.15, -0.1) is 0 Å². The number of hydrogen-bond acceptors (Lipinski definition) is 2. The van der Waals surface area contributed by atoms with Gasteiger partial charge in [-0.05, 0) is 25.5 Å². The average molecular weight is 304 g/mol. The van der Waals surface area contributed by atoms with E-state index >= 15 is 0 Å². The Morgan fingerprint density at radius 2 is 2.10 bits per heavy atom. The topological polar surface area (TPSA) is 43.0 Å². The van der Waals surface area contributed by atoms with E-state index < -0.39 is 6.10 Å². The van der Waals surface area contributed by atoms with Crippen molar-refractivity contribution in [2.75, 3.05) is 0 Å². The van der Waals surface area contributed by atoms with Gasteiger partial charge in [-0.1, -0.05) is 23.7 Å². The van der Waals surface area contributed by atoms with E-state index in [1.807, 2.05) is 22.9 Å².